The van der Waals surface area contributed by atoms with Crippen LogP contribution in [0, 0.1) is 6.92 Å². The summed E-state index contributed by atoms with van der Waals surface area (Å²) >= 11 is 0. The van der Waals surface area contributed by atoms with Gasteiger partial charge in [-0.1, -0.05) is 29.8 Å². The Balaban J connectivity index is 1.61. The first-order chi connectivity index (χ1) is 17.4. The molecule has 4 rings (SSSR count). The lowest BCUT2D eigenvalue weighted by molar-refractivity contribution is 0.423. The minimum atomic E-state index is 0.140. The van der Waals surface area contributed by atoms with Crippen LogP contribution in [0.3, 0.4) is 0 Å². The SMILES string of the molecule is CC1=NCCN=C(C)C2CCCC(N2)C(C)=NC(Cc2ccc(C)cc2)CN=C(C)C2CCCC1N2. The molecule has 0 aromatic heterocycles. The Hall–Kier alpha value is -2.18. The normalized spacial score (nSPS) is 30.8. The fourth-order valence-electron chi connectivity index (χ4n) is 5.75. The van der Waals surface area contributed by atoms with E-state index in [1.54, 1.807) is 0 Å². The zero-order valence-corrected chi connectivity index (χ0v) is 23.1. The van der Waals surface area contributed by atoms with Gasteiger partial charge in [0, 0.05) is 47.0 Å². The van der Waals surface area contributed by atoms with Crippen LogP contribution < -0.4 is 10.6 Å². The van der Waals surface area contributed by atoms with E-state index in [9.17, 15) is 0 Å². The van der Waals surface area contributed by atoms with Crippen LogP contribution in [0.15, 0.2) is 44.2 Å². The molecule has 0 amide bonds. The molecule has 3 aliphatic heterocycles. The standard InChI is InChI=1S/C30H46N6/c1-20-12-14-25(15-13-20)18-26-19-33-23(4)29-10-6-8-27(35-29)21(2)31-16-17-32-22(3)28-9-7-11-30(36-28)24(5)34-26/h12-15,26-30,35-36H,6-11,16-19H2,1-5H3. The van der Waals surface area contributed by atoms with Crippen LogP contribution in [0.25, 0.3) is 0 Å². The van der Waals surface area contributed by atoms with Gasteiger partial charge >= 0.3 is 0 Å². The predicted octanol–water partition coefficient (Wildman–Crippen LogP) is 4.78. The summed E-state index contributed by atoms with van der Waals surface area (Å²) < 4.78 is 0. The van der Waals surface area contributed by atoms with Gasteiger partial charge in [0.1, 0.15) is 0 Å². The van der Waals surface area contributed by atoms with Crippen molar-refractivity contribution in [2.24, 2.45) is 20.0 Å². The zero-order valence-electron chi connectivity index (χ0n) is 23.1. The molecule has 6 heteroatoms. The van der Waals surface area contributed by atoms with E-state index >= 15 is 0 Å². The van der Waals surface area contributed by atoms with Crippen LogP contribution in [0.1, 0.15) is 77.3 Å². The highest BCUT2D eigenvalue weighted by Gasteiger charge is 2.27. The third-order valence-corrected chi connectivity index (χ3v) is 8.15. The summed E-state index contributed by atoms with van der Waals surface area (Å²) in [6.07, 6.45) is 7.89. The Morgan fingerprint density at radius 3 is 1.64 bits per heavy atom. The average Bonchev–Trinajstić information content (AvgIpc) is 2.90. The van der Waals surface area contributed by atoms with E-state index in [4.69, 9.17) is 20.0 Å². The van der Waals surface area contributed by atoms with Gasteiger partial charge in [0.2, 0.25) is 0 Å². The summed E-state index contributed by atoms with van der Waals surface area (Å²) in [7, 11) is 0. The third-order valence-electron chi connectivity index (χ3n) is 8.15. The second-order valence-electron chi connectivity index (χ2n) is 11.0. The maximum Gasteiger partial charge on any atom is 0.0734 e. The number of nitrogens with zero attached hydrogens (tertiary/aromatic N) is 4. The van der Waals surface area contributed by atoms with E-state index in [0.29, 0.717) is 24.2 Å². The molecule has 2 N–H and O–H groups in total. The molecule has 196 valence electrons. The Bertz CT molecular complexity index is 989. The molecule has 1 aromatic carbocycles. The molecule has 0 aliphatic carbocycles. The van der Waals surface area contributed by atoms with E-state index in [0.717, 1.165) is 51.7 Å². The van der Waals surface area contributed by atoms with Crippen molar-refractivity contribution in [3.63, 3.8) is 0 Å². The lowest BCUT2D eigenvalue weighted by Crippen LogP contribution is -2.50. The summed E-state index contributed by atoms with van der Waals surface area (Å²) in [5.74, 6) is 0. The van der Waals surface area contributed by atoms with Crippen molar-refractivity contribution in [1.82, 2.24) is 10.6 Å². The molecule has 0 saturated carbocycles. The molecule has 3 heterocycles. The topological polar surface area (TPSA) is 73.5 Å². The molecule has 36 heavy (non-hydrogen) atoms. The number of fused-ring (bicyclic) bond motifs is 4. The lowest BCUT2D eigenvalue weighted by atomic mass is 9.93. The fourth-order valence-corrected chi connectivity index (χ4v) is 5.75. The monoisotopic (exact) mass is 490 g/mol. The van der Waals surface area contributed by atoms with Gasteiger partial charge in [0.15, 0.2) is 0 Å². The van der Waals surface area contributed by atoms with Crippen LogP contribution in [0.2, 0.25) is 0 Å². The number of piperidine rings is 2. The molecule has 0 spiro atoms. The number of aliphatic imine (C=N–C) groups is 4. The number of aryl methyl sites for hydroxylation is 1. The lowest BCUT2D eigenvalue weighted by Gasteiger charge is -2.32. The van der Waals surface area contributed by atoms with Crippen LogP contribution in [0.4, 0.5) is 0 Å². The third kappa shape index (κ3) is 7.42. The molecule has 1 aromatic rings. The largest absolute Gasteiger partial charge is 0.301 e. The average molecular weight is 491 g/mol. The number of rotatable bonds is 2. The first-order valence-electron chi connectivity index (χ1n) is 14.0. The van der Waals surface area contributed by atoms with Crippen molar-refractivity contribution in [3.8, 4) is 0 Å². The maximum atomic E-state index is 5.30. The molecular formula is C30H46N6. The van der Waals surface area contributed by atoms with E-state index in [-0.39, 0.29) is 6.04 Å². The van der Waals surface area contributed by atoms with Crippen molar-refractivity contribution in [1.29, 1.82) is 0 Å². The summed E-state index contributed by atoms with van der Waals surface area (Å²) in [6, 6.07) is 10.3. The quantitative estimate of drug-likeness (QED) is 0.626. The highest BCUT2D eigenvalue weighted by molar-refractivity contribution is 5.92. The van der Waals surface area contributed by atoms with Crippen LogP contribution in [-0.4, -0.2) is 72.7 Å². The smallest absolute Gasteiger partial charge is 0.0734 e. The molecule has 4 bridgehead atoms. The first kappa shape index (κ1) is 26.9. The Morgan fingerprint density at radius 2 is 1.11 bits per heavy atom. The molecule has 6 nitrogen and oxygen atoms in total. The first-order valence-corrected chi connectivity index (χ1v) is 14.0. The minimum Gasteiger partial charge on any atom is -0.301 e. The Labute approximate surface area is 218 Å². The fraction of sp³-hybridized carbons (Fsp3) is 0.667. The van der Waals surface area contributed by atoms with Gasteiger partial charge in [-0.15, -0.1) is 0 Å². The molecular weight excluding hydrogens is 444 g/mol. The van der Waals surface area contributed by atoms with Gasteiger partial charge in [-0.05, 0) is 85.1 Å². The highest BCUT2D eigenvalue weighted by atomic mass is 15.0. The summed E-state index contributed by atoms with van der Waals surface area (Å²) in [5.41, 5.74) is 7.44. The summed E-state index contributed by atoms with van der Waals surface area (Å²) in [5, 5.41) is 7.69. The van der Waals surface area contributed by atoms with Crippen LogP contribution >= 0.6 is 0 Å². The van der Waals surface area contributed by atoms with Crippen LogP contribution in [0.5, 0.6) is 0 Å². The molecule has 2 saturated heterocycles. The summed E-state index contributed by atoms with van der Waals surface area (Å²) in [4.78, 5) is 20.2. The van der Waals surface area contributed by atoms with E-state index < -0.39 is 0 Å². The summed E-state index contributed by atoms with van der Waals surface area (Å²) in [6.45, 7) is 13.1. The Morgan fingerprint density at radius 1 is 0.639 bits per heavy atom. The van der Waals surface area contributed by atoms with Gasteiger partial charge in [-0.3, -0.25) is 20.0 Å². The van der Waals surface area contributed by atoms with E-state index in [1.165, 1.54) is 46.8 Å². The van der Waals surface area contributed by atoms with E-state index in [1.807, 2.05) is 0 Å². The zero-order chi connectivity index (χ0) is 25.5. The minimum absolute atomic E-state index is 0.140. The van der Waals surface area contributed by atoms with Gasteiger partial charge in [0.25, 0.3) is 0 Å². The highest BCUT2D eigenvalue weighted by Crippen LogP contribution is 2.19. The van der Waals surface area contributed by atoms with Gasteiger partial charge in [-0.25, -0.2) is 0 Å². The Kier molecular flexibility index (Phi) is 9.60. The molecule has 0 radical (unpaired) electrons. The van der Waals surface area contributed by atoms with Gasteiger partial charge < -0.3 is 10.6 Å². The van der Waals surface area contributed by atoms with Crippen molar-refractivity contribution in [2.45, 2.75) is 110 Å². The van der Waals surface area contributed by atoms with E-state index in [2.05, 4.69) is 69.5 Å². The molecule has 2 fully saturated rings. The molecule has 5 unspecified atom stereocenters. The van der Waals surface area contributed by atoms with Gasteiger partial charge in [0.05, 0.1) is 25.7 Å². The van der Waals surface area contributed by atoms with Gasteiger partial charge in [-0.2, -0.15) is 0 Å². The maximum absolute atomic E-state index is 5.30. The van der Waals surface area contributed by atoms with Crippen molar-refractivity contribution >= 4 is 22.8 Å². The van der Waals surface area contributed by atoms with Crippen molar-refractivity contribution in [2.75, 3.05) is 19.6 Å². The van der Waals surface area contributed by atoms with Crippen molar-refractivity contribution < 1.29 is 0 Å². The second kappa shape index (κ2) is 12.9. The second-order valence-corrected chi connectivity index (χ2v) is 11.0. The number of hydrogen-bond donors (Lipinski definition) is 2. The number of benzene rings is 1. The molecule has 3 aliphatic rings. The van der Waals surface area contributed by atoms with Crippen molar-refractivity contribution in [3.05, 3.63) is 35.4 Å². The number of nitrogens with one attached hydrogen (secondary N) is 2. The predicted molar refractivity (Wildman–Crippen MR) is 155 cm³/mol. The van der Waals surface area contributed by atoms with Crippen LogP contribution in [-0.2, 0) is 6.42 Å². The number of hydrogen-bond acceptors (Lipinski definition) is 6. The molecule has 5 atom stereocenters.